The van der Waals surface area contributed by atoms with Gasteiger partial charge in [-0.25, -0.2) is 0 Å². The molecule has 0 heterocycles. The van der Waals surface area contributed by atoms with Crippen molar-refractivity contribution in [1.82, 2.24) is 0 Å². The zero-order valence-corrected chi connectivity index (χ0v) is 15.1. The molecular formula is C24H28. The maximum absolute atomic E-state index is 2.41. The van der Waals surface area contributed by atoms with Gasteiger partial charge in [0.05, 0.1) is 0 Å². The Hall–Kier alpha value is -1.82. The Labute approximate surface area is 145 Å². The summed E-state index contributed by atoms with van der Waals surface area (Å²) in [6, 6.07) is 13.7. The van der Waals surface area contributed by atoms with Crippen LogP contribution in [-0.2, 0) is 25.7 Å². The van der Waals surface area contributed by atoms with Gasteiger partial charge in [-0.3, -0.25) is 0 Å². The van der Waals surface area contributed by atoms with Gasteiger partial charge in [0, 0.05) is 0 Å². The summed E-state index contributed by atoms with van der Waals surface area (Å²) >= 11 is 0. The van der Waals surface area contributed by atoms with Crippen LogP contribution in [-0.4, -0.2) is 0 Å². The summed E-state index contributed by atoms with van der Waals surface area (Å²) in [6.45, 7) is 4.65. The van der Waals surface area contributed by atoms with Crippen molar-refractivity contribution in [2.75, 3.05) is 0 Å². The average molecular weight is 316 g/mol. The minimum atomic E-state index is 1.22. The molecule has 0 amide bonds. The van der Waals surface area contributed by atoms with Gasteiger partial charge in [-0.15, -0.1) is 0 Å². The second-order valence-corrected chi connectivity index (χ2v) is 7.33. The summed E-state index contributed by atoms with van der Waals surface area (Å²) in [7, 11) is 0. The van der Waals surface area contributed by atoms with E-state index in [1.807, 2.05) is 0 Å². The van der Waals surface area contributed by atoms with E-state index >= 15 is 0 Å². The third-order valence-electron chi connectivity index (χ3n) is 5.75. The third-order valence-corrected chi connectivity index (χ3v) is 5.75. The Morgan fingerprint density at radius 2 is 1.38 bits per heavy atom. The average Bonchev–Trinajstić information content (AvgIpc) is 2.64. The minimum Gasteiger partial charge on any atom is -0.0651 e. The molecule has 0 bridgehead atoms. The monoisotopic (exact) mass is 316 g/mol. The SMILES string of the molecule is CCCc1c2c(c(CCC)c3c1ccc1ccccc13)CCCC2. The lowest BCUT2D eigenvalue weighted by Crippen LogP contribution is -2.11. The highest BCUT2D eigenvalue weighted by molar-refractivity contribution is 6.11. The van der Waals surface area contributed by atoms with Crippen LogP contribution < -0.4 is 0 Å². The van der Waals surface area contributed by atoms with E-state index in [0.29, 0.717) is 0 Å². The van der Waals surface area contributed by atoms with Crippen molar-refractivity contribution in [3.05, 3.63) is 58.7 Å². The van der Waals surface area contributed by atoms with Gasteiger partial charge >= 0.3 is 0 Å². The van der Waals surface area contributed by atoms with Crippen LogP contribution in [0.5, 0.6) is 0 Å². The third kappa shape index (κ3) is 2.44. The Kier molecular flexibility index (Phi) is 4.31. The number of fused-ring (bicyclic) bond motifs is 4. The number of hydrogen-bond donors (Lipinski definition) is 0. The van der Waals surface area contributed by atoms with Crippen molar-refractivity contribution >= 4 is 21.5 Å². The molecule has 0 saturated heterocycles. The maximum atomic E-state index is 2.41. The molecule has 0 fully saturated rings. The van der Waals surface area contributed by atoms with Gasteiger partial charge < -0.3 is 0 Å². The number of benzene rings is 3. The highest BCUT2D eigenvalue weighted by Gasteiger charge is 2.21. The Bertz CT molecular complexity index is 886. The second-order valence-electron chi connectivity index (χ2n) is 7.33. The summed E-state index contributed by atoms with van der Waals surface area (Å²) in [5, 5.41) is 5.96. The predicted octanol–water partition coefficient (Wildman–Crippen LogP) is 6.78. The van der Waals surface area contributed by atoms with Gasteiger partial charge in [-0.1, -0.05) is 63.1 Å². The van der Waals surface area contributed by atoms with Crippen molar-refractivity contribution in [3.63, 3.8) is 0 Å². The Morgan fingerprint density at radius 3 is 2.12 bits per heavy atom. The molecule has 1 aliphatic rings. The Balaban J connectivity index is 2.17. The molecule has 0 radical (unpaired) electrons. The van der Waals surface area contributed by atoms with Crippen molar-refractivity contribution in [1.29, 1.82) is 0 Å². The number of hydrogen-bond acceptors (Lipinski definition) is 0. The van der Waals surface area contributed by atoms with Gasteiger partial charge in [-0.2, -0.15) is 0 Å². The molecule has 0 spiro atoms. The van der Waals surface area contributed by atoms with Crippen LogP contribution in [0.2, 0.25) is 0 Å². The van der Waals surface area contributed by atoms with Crippen molar-refractivity contribution in [3.8, 4) is 0 Å². The first-order chi connectivity index (χ1) is 11.8. The zero-order chi connectivity index (χ0) is 16.5. The first kappa shape index (κ1) is 15.7. The predicted molar refractivity (Wildman–Crippen MR) is 106 cm³/mol. The molecular weight excluding hydrogens is 288 g/mol. The fraction of sp³-hybridized carbons (Fsp3) is 0.417. The molecule has 0 atom stereocenters. The molecule has 124 valence electrons. The summed E-state index contributed by atoms with van der Waals surface area (Å²) < 4.78 is 0. The molecule has 0 N–H and O–H groups in total. The van der Waals surface area contributed by atoms with Crippen LogP contribution in [0.25, 0.3) is 21.5 Å². The van der Waals surface area contributed by atoms with Gasteiger partial charge in [0.15, 0.2) is 0 Å². The molecule has 3 aromatic carbocycles. The van der Waals surface area contributed by atoms with Gasteiger partial charge in [-0.05, 0) is 82.3 Å². The summed E-state index contributed by atoms with van der Waals surface area (Å²) in [5.41, 5.74) is 6.76. The van der Waals surface area contributed by atoms with Crippen LogP contribution in [0, 0.1) is 0 Å². The molecule has 24 heavy (non-hydrogen) atoms. The fourth-order valence-electron chi connectivity index (χ4n) is 4.79. The van der Waals surface area contributed by atoms with E-state index in [4.69, 9.17) is 0 Å². The van der Waals surface area contributed by atoms with Crippen LogP contribution in [0.3, 0.4) is 0 Å². The molecule has 1 aliphatic carbocycles. The van der Waals surface area contributed by atoms with Crippen molar-refractivity contribution in [2.45, 2.75) is 65.2 Å². The van der Waals surface area contributed by atoms with E-state index < -0.39 is 0 Å². The highest BCUT2D eigenvalue weighted by atomic mass is 14.3. The van der Waals surface area contributed by atoms with Crippen LogP contribution in [0.1, 0.15) is 61.8 Å². The van der Waals surface area contributed by atoms with E-state index in [0.717, 1.165) is 0 Å². The lowest BCUT2D eigenvalue weighted by Gasteiger charge is -2.26. The lowest BCUT2D eigenvalue weighted by atomic mass is 9.78. The molecule has 3 aromatic rings. The topological polar surface area (TPSA) is 0 Å². The van der Waals surface area contributed by atoms with Gasteiger partial charge in [0.1, 0.15) is 0 Å². The molecule has 0 nitrogen and oxygen atoms in total. The molecule has 0 saturated carbocycles. The van der Waals surface area contributed by atoms with Crippen LogP contribution in [0.15, 0.2) is 36.4 Å². The number of aryl methyl sites for hydroxylation is 2. The van der Waals surface area contributed by atoms with Gasteiger partial charge in [0.2, 0.25) is 0 Å². The molecule has 4 rings (SSSR count). The molecule has 0 aliphatic heterocycles. The second kappa shape index (κ2) is 6.59. The normalized spacial score (nSPS) is 14.2. The first-order valence-corrected chi connectivity index (χ1v) is 9.82. The van der Waals surface area contributed by atoms with E-state index in [1.165, 1.54) is 62.1 Å². The standard InChI is InChI=1S/C24H28/c1-3-9-19-20-13-7-8-14-21(20)22(10-4-2)24-18-12-6-5-11-17(18)15-16-23(19)24/h5-6,11-12,15-16H,3-4,7-10,13-14H2,1-2H3. The van der Waals surface area contributed by atoms with Crippen molar-refractivity contribution < 1.29 is 0 Å². The molecule has 0 heteroatoms. The zero-order valence-electron chi connectivity index (χ0n) is 15.1. The maximum Gasteiger partial charge on any atom is -0.00676 e. The van der Waals surface area contributed by atoms with Crippen LogP contribution >= 0.6 is 0 Å². The first-order valence-electron chi connectivity index (χ1n) is 9.82. The quantitative estimate of drug-likeness (QED) is 0.465. The smallest absolute Gasteiger partial charge is 0.00676 e. The van der Waals surface area contributed by atoms with E-state index in [1.54, 1.807) is 33.0 Å². The Morgan fingerprint density at radius 1 is 0.708 bits per heavy atom. The van der Waals surface area contributed by atoms with Crippen LogP contribution in [0.4, 0.5) is 0 Å². The highest BCUT2D eigenvalue weighted by Crippen LogP contribution is 2.39. The molecule has 0 unspecified atom stereocenters. The largest absolute Gasteiger partial charge is 0.0651 e. The summed E-state index contributed by atoms with van der Waals surface area (Å²) in [5.74, 6) is 0. The van der Waals surface area contributed by atoms with E-state index in [9.17, 15) is 0 Å². The minimum absolute atomic E-state index is 1.22. The molecule has 0 aromatic heterocycles. The van der Waals surface area contributed by atoms with Gasteiger partial charge in [0.25, 0.3) is 0 Å². The number of rotatable bonds is 4. The van der Waals surface area contributed by atoms with E-state index in [-0.39, 0.29) is 0 Å². The van der Waals surface area contributed by atoms with Crippen molar-refractivity contribution in [2.24, 2.45) is 0 Å². The van der Waals surface area contributed by atoms with E-state index in [2.05, 4.69) is 50.2 Å². The fourth-order valence-corrected chi connectivity index (χ4v) is 4.79. The lowest BCUT2D eigenvalue weighted by molar-refractivity contribution is 0.670. The summed E-state index contributed by atoms with van der Waals surface area (Å²) in [4.78, 5) is 0. The summed E-state index contributed by atoms with van der Waals surface area (Å²) in [6.07, 6.45) is 10.2.